The van der Waals surface area contributed by atoms with Crippen LogP contribution in [0.1, 0.15) is 25.0 Å². The molecule has 0 aliphatic heterocycles. The molecule has 0 bridgehead atoms. The van der Waals surface area contributed by atoms with E-state index in [1.165, 1.54) is 7.11 Å². The number of anilines is 1. The zero-order chi connectivity index (χ0) is 15.3. The number of aryl methyl sites for hydroxylation is 2. The highest BCUT2D eigenvalue weighted by Crippen LogP contribution is 2.16. The zero-order valence-electron chi connectivity index (χ0n) is 12.6. The molecule has 110 valence electrons. The van der Waals surface area contributed by atoms with Crippen molar-refractivity contribution in [2.45, 2.75) is 33.7 Å². The van der Waals surface area contributed by atoms with E-state index in [-0.39, 0.29) is 5.92 Å². The summed E-state index contributed by atoms with van der Waals surface area (Å²) in [6, 6.07) is 4.72. The van der Waals surface area contributed by atoms with Gasteiger partial charge in [0.15, 0.2) is 0 Å². The maximum Gasteiger partial charge on any atom is 0.328 e. The Morgan fingerprint density at radius 1 is 1.20 bits per heavy atom. The number of ether oxygens (including phenoxy) is 1. The van der Waals surface area contributed by atoms with Crippen molar-refractivity contribution < 1.29 is 14.3 Å². The molecule has 0 unspecified atom stereocenters. The van der Waals surface area contributed by atoms with Crippen LogP contribution >= 0.6 is 0 Å². The summed E-state index contributed by atoms with van der Waals surface area (Å²) in [6.07, 6.45) is 0. The lowest BCUT2D eigenvalue weighted by atomic mass is 10.1. The van der Waals surface area contributed by atoms with Crippen LogP contribution in [0.3, 0.4) is 0 Å². The van der Waals surface area contributed by atoms with Crippen molar-refractivity contribution >= 4 is 17.7 Å². The summed E-state index contributed by atoms with van der Waals surface area (Å²) in [6.45, 7) is 7.56. The quantitative estimate of drug-likeness (QED) is 0.832. The smallest absolute Gasteiger partial charge is 0.328 e. The topological polar surface area (TPSA) is 67.4 Å². The van der Waals surface area contributed by atoms with E-state index in [0.717, 1.165) is 16.8 Å². The van der Waals surface area contributed by atoms with Crippen LogP contribution in [-0.4, -0.2) is 25.2 Å². The van der Waals surface area contributed by atoms with Gasteiger partial charge in [-0.3, -0.25) is 0 Å². The monoisotopic (exact) mass is 278 g/mol. The second kappa shape index (κ2) is 6.93. The molecule has 1 atom stereocenters. The fourth-order valence-corrected chi connectivity index (χ4v) is 1.79. The molecule has 1 aromatic carbocycles. The first-order valence-electron chi connectivity index (χ1n) is 6.57. The summed E-state index contributed by atoms with van der Waals surface area (Å²) in [5.74, 6) is -0.497. The molecule has 0 fully saturated rings. The molecule has 0 aromatic heterocycles. The van der Waals surface area contributed by atoms with Gasteiger partial charge in [-0.1, -0.05) is 26.0 Å². The molecule has 0 spiro atoms. The second-order valence-corrected chi connectivity index (χ2v) is 5.16. The number of amides is 2. The van der Waals surface area contributed by atoms with Gasteiger partial charge in [-0.05, 0) is 37.0 Å². The number of carbonyl (C=O) groups is 2. The summed E-state index contributed by atoms with van der Waals surface area (Å²) in [5, 5.41) is 5.40. The summed E-state index contributed by atoms with van der Waals surface area (Å²) in [7, 11) is 1.31. The zero-order valence-corrected chi connectivity index (χ0v) is 12.6. The molecule has 2 amide bonds. The number of esters is 1. The van der Waals surface area contributed by atoms with Crippen molar-refractivity contribution in [3.63, 3.8) is 0 Å². The first-order valence-corrected chi connectivity index (χ1v) is 6.57. The minimum absolute atomic E-state index is 0.0493. The number of methoxy groups -OCH3 is 1. The summed E-state index contributed by atoms with van der Waals surface area (Å²) >= 11 is 0. The fourth-order valence-electron chi connectivity index (χ4n) is 1.79. The molecule has 5 heteroatoms. The van der Waals surface area contributed by atoms with Crippen LogP contribution in [0.25, 0.3) is 0 Å². The number of urea groups is 1. The molecule has 0 heterocycles. The molecule has 0 saturated heterocycles. The summed E-state index contributed by atoms with van der Waals surface area (Å²) in [4.78, 5) is 23.6. The molecule has 0 radical (unpaired) electrons. The predicted octanol–water partition coefficient (Wildman–Crippen LogP) is 2.62. The number of benzene rings is 1. The van der Waals surface area contributed by atoms with Crippen LogP contribution in [0.15, 0.2) is 18.2 Å². The molecule has 20 heavy (non-hydrogen) atoms. The van der Waals surface area contributed by atoms with Gasteiger partial charge >= 0.3 is 12.0 Å². The van der Waals surface area contributed by atoms with E-state index in [1.807, 2.05) is 45.9 Å². The number of hydrogen-bond acceptors (Lipinski definition) is 3. The van der Waals surface area contributed by atoms with E-state index in [1.54, 1.807) is 0 Å². The number of hydrogen-bond donors (Lipinski definition) is 2. The average Bonchev–Trinajstić information content (AvgIpc) is 2.39. The van der Waals surface area contributed by atoms with Crippen LogP contribution in [-0.2, 0) is 9.53 Å². The second-order valence-electron chi connectivity index (χ2n) is 5.16. The van der Waals surface area contributed by atoms with Gasteiger partial charge in [0.2, 0.25) is 0 Å². The van der Waals surface area contributed by atoms with E-state index in [9.17, 15) is 9.59 Å². The summed E-state index contributed by atoms with van der Waals surface area (Å²) in [5.41, 5.74) is 2.75. The van der Waals surface area contributed by atoms with Crippen LogP contribution < -0.4 is 10.6 Å². The molecule has 2 N–H and O–H groups in total. The van der Waals surface area contributed by atoms with Gasteiger partial charge < -0.3 is 15.4 Å². The minimum Gasteiger partial charge on any atom is -0.467 e. The van der Waals surface area contributed by atoms with Gasteiger partial charge in [0.25, 0.3) is 0 Å². The third-order valence-electron chi connectivity index (χ3n) is 3.05. The minimum atomic E-state index is -0.662. The SMILES string of the molecule is COC(=O)[C@H](NC(=O)Nc1cc(C)ccc1C)C(C)C. The Labute approximate surface area is 119 Å². The van der Waals surface area contributed by atoms with E-state index >= 15 is 0 Å². The predicted molar refractivity (Wildman–Crippen MR) is 78.7 cm³/mol. The van der Waals surface area contributed by atoms with Crippen molar-refractivity contribution in [1.29, 1.82) is 0 Å². The maximum atomic E-state index is 12.0. The van der Waals surface area contributed by atoms with Gasteiger partial charge in [0, 0.05) is 5.69 Å². The molecule has 0 saturated carbocycles. The maximum absolute atomic E-state index is 12.0. The highest BCUT2D eigenvalue weighted by Gasteiger charge is 2.24. The lowest BCUT2D eigenvalue weighted by molar-refractivity contribution is -0.143. The standard InChI is InChI=1S/C15H22N2O3/c1-9(2)13(14(18)20-5)17-15(19)16-12-8-10(3)6-7-11(12)4/h6-9,13H,1-5H3,(H2,16,17,19)/t13-/m1/s1. The Morgan fingerprint density at radius 2 is 1.85 bits per heavy atom. The Hall–Kier alpha value is -2.04. The fraction of sp³-hybridized carbons (Fsp3) is 0.467. The van der Waals surface area contributed by atoms with Gasteiger partial charge in [-0.15, -0.1) is 0 Å². The molecular weight excluding hydrogens is 256 g/mol. The van der Waals surface area contributed by atoms with Crippen molar-refractivity contribution in [1.82, 2.24) is 5.32 Å². The lowest BCUT2D eigenvalue weighted by Gasteiger charge is -2.20. The Balaban J connectivity index is 2.75. The first-order chi connectivity index (χ1) is 9.35. The van der Waals surface area contributed by atoms with Gasteiger partial charge in [-0.25, -0.2) is 9.59 Å². The van der Waals surface area contributed by atoms with Crippen molar-refractivity contribution in [3.8, 4) is 0 Å². The van der Waals surface area contributed by atoms with Crippen molar-refractivity contribution in [2.24, 2.45) is 5.92 Å². The highest BCUT2D eigenvalue weighted by molar-refractivity contribution is 5.93. The van der Waals surface area contributed by atoms with Crippen LogP contribution in [0.4, 0.5) is 10.5 Å². The molecule has 5 nitrogen and oxygen atoms in total. The normalized spacial score (nSPS) is 11.9. The largest absolute Gasteiger partial charge is 0.467 e. The third kappa shape index (κ3) is 4.26. The van der Waals surface area contributed by atoms with Crippen LogP contribution in [0, 0.1) is 19.8 Å². The van der Waals surface area contributed by atoms with Gasteiger partial charge in [-0.2, -0.15) is 0 Å². The molecule has 0 aliphatic carbocycles. The summed E-state index contributed by atoms with van der Waals surface area (Å²) < 4.78 is 4.69. The third-order valence-corrected chi connectivity index (χ3v) is 3.05. The van der Waals surface area contributed by atoms with E-state index < -0.39 is 18.0 Å². The Kier molecular flexibility index (Phi) is 5.55. The van der Waals surface area contributed by atoms with E-state index in [0.29, 0.717) is 0 Å². The number of nitrogens with one attached hydrogen (secondary N) is 2. The Bertz CT molecular complexity index is 498. The van der Waals surface area contributed by atoms with Crippen molar-refractivity contribution in [2.75, 3.05) is 12.4 Å². The lowest BCUT2D eigenvalue weighted by Crippen LogP contribution is -2.46. The van der Waals surface area contributed by atoms with Gasteiger partial charge in [0.1, 0.15) is 6.04 Å². The van der Waals surface area contributed by atoms with Crippen molar-refractivity contribution in [3.05, 3.63) is 29.3 Å². The molecule has 1 aromatic rings. The van der Waals surface area contributed by atoms with Gasteiger partial charge in [0.05, 0.1) is 7.11 Å². The molecule has 1 rings (SSSR count). The van der Waals surface area contributed by atoms with Crippen LogP contribution in [0.5, 0.6) is 0 Å². The van der Waals surface area contributed by atoms with Crippen LogP contribution in [0.2, 0.25) is 0 Å². The van der Waals surface area contributed by atoms with E-state index in [2.05, 4.69) is 15.4 Å². The number of carbonyl (C=O) groups excluding carboxylic acids is 2. The Morgan fingerprint density at radius 3 is 2.40 bits per heavy atom. The molecular formula is C15H22N2O3. The first kappa shape index (κ1) is 16.0. The molecule has 0 aliphatic rings. The van der Waals surface area contributed by atoms with E-state index in [4.69, 9.17) is 0 Å². The highest BCUT2D eigenvalue weighted by atomic mass is 16.5. The number of rotatable bonds is 4. The average molecular weight is 278 g/mol.